The predicted molar refractivity (Wildman–Crippen MR) is 165 cm³/mol. The lowest BCUT2D eigenvalue weighted by atomic mass is 10.1. The van der Waals surface area contributed by atoms with Gasteiger partial charge < -0.3 is 19.7 Å². The third-order valence-corrected chi connectivity index (χ3v) is 8.93. The minimum Gasteiger partial charge on any atom is -0.493 e. The van der Waals surface area contributed by atoms with Gasteiger partial charge in [-0.3, -0.25) is 13.9 Å². The molecule has 11 heteroatoms. The zero-order chi connectivity index (χ0) is 30.9. The fraction of sp³-hybridized carbons (Fsp3) is 0.355. The number of nitrogens with zero attached hydrogens (tertiary/aromatic N) is 2. The maximum atomic E-state index is 14.2. The van der Waals surface area contributed by atoms with Gasteiger partial charge in [0.25, 0.3) is 10.0 Å². The van der Waals surface area contributed by atoms with E-state index in [-0.39, 0.29) is 23.0 Å². The van der Waals surface area contributed by atoms with Crippen LogP contribution in [0.25, 0.3) is 0 Å². The number of halogens is 1. The van der Waals surface area contributed by atoms with Crippen LogP contribution < -0.4 is 19.1 Å². The van der Waals surface area contributed by atoms with E-state index in [0.717, 1.165) is 16.3 Å². The van der Waals surface area contributed by atoms with Crippen LogP contribution in [0, 0.1) is 6.92 Å². The molecule has 0 fully saturated rings. The third-order valence-electron chi connectivity index (χ3n) is 6.78. The van der Waals surface area contributed by atoms with Gasteiger partial charge in [-0.1, -0.05) is 61.3 Å². The molecule has 0 spiro atoms. The number of hydrogen-bond donors (Lipinski definition) is 1. The molecule has 42 heavy (non-hydrogen) atoms. The van der Waals surface area contributed by atoms with Gasteiger partial charge in [-0.15, -0.1) is 0 Å². The molecule has 0 aliphatic carbocycles. The van der Waals surface area contributed by atoms with Crippen molar-refractivity contribution in [3.05, 3.63) is 82.9 Å². The summed E-state index contributed by atoms with van der Waals surface area (Å²) in [5.41, 5.74) is 1.72. The molecule has 226 valence electrons. The van der Waals surface area contributed by atoms with Gasteiger partial charge in [-0.2, -0.15) is 0 Å². The molecule has 0 bridgehead atoms. The number of aryl methyl sites for hydroxylation is 1. The van der Waals surface area contributed by atoms with Crippen molar-refractivity contribution in [2.45, 2.75) is 51.1 Å². The summed E-state index contributed by atoms with van der Waals surface area (Å²) in [6.45, 7) is 5.48. The lowest BCUT2D eigenvalue weighted by Crippen LogP contribution is -2.52. The molecule has 0 saturated heterocycles. The third kappa shape index (κ3) is 7.74. The van der Waals surface area contributed by atoms with Gasteiger partial charge in [0.15, 0.2) is 11.5 Å². The number of anilines is 1. The minimum atomic E-state index is -4.23. The normalized spacial score (nSPS) is 11.9. The highest BCUT2D eigenvalue weighted by atomic mass is 35.5. The molecule has 0 radical (unpaired) electrons. The fourth-order valence-electron chi connectivity index (χ4n) is 4.44. The molecule has 9 nitrogen and oxygen atoms in total. The van der Waals surface area contributed by atoms with Crippen LogP contribution in [0.4, 0.5) is 5.69 Å². The molecule has 0 aromatic heterocycles. The second-order valence-corrected chi connectivity index (χ2v) is 12.0. The molecule has 3 aromatic carbocycles. The summed E-state index contributed by atoms with van der Waals surface area (Å²) in [7, 11) is -1.31. The van der Waals surface area contributed by atoms with Crippen LogP contribution in [-0.2, 0) is 26.2 Å². The van der Waals surface area contributed by atoms with Crippen LogP contribution in [0.5, 0.6) is 11.5 Å². The van der Waals surface area contributed by atoms with Crippen molar-refractivity contribution in [3.63, 3.8) is 0 Å². The van der Waals surface area contributed by atoms with Crippen molar-refractivity contribution in [3.8, 4) is 11.5 Å². The lowest BCUT2D eigenvalue weighted by Gasteiger charge is -2.33. The number of hydrogen-bond acceptors (Lipinski definition) is 6. The average Bonchev–Trinajstić information content (AvgIpc) is 2.99. The summed E-state index contributed by atoms with van der Waals surface area (Å²) >= 11 is 6.44. The Morgan fingerprint density at radius 2 is 1.62 bits per heavy atom. The number of methoxy groups -OCH3 is 2. The maximum Gasteiger partial charge on any atom is 0.264 e. The average molecular weight is 616 g/mol. The Labute approximate surface area is 253 Å². The number of amides is 2. The summed E-state index contributed by atoms with van der Waals surface area (Å²) in [6, 6.07) is 17.2. The molecule has 3 aromatic rings. The van der Waals surface area contributed by atoms with E-state index >= 15 is 0 Å². The SMILES string of the molecule is CCCNC(=O)C(CC)N(Cc1ccccc1Cl)C(=O)CN(c1ccc(OC)c(OC)c1)S(=O)(=O)c1ccc(C)cc1. The smallest absolute Gasteiger partial charge is 0.264 e. The van der Waals surface area contributed by atoms with Crippen molar-refractivity contribution in [1.29, 1.82) is 0 Å². The number of benzene rings is 3. The Hall–Kier alpha value is -3.76. The summed E-state index contributed by atoms with van der Waals surface area (Å²) in [5.74, 6) is -0.193. The molecule has 2 amide bonds. The van der Waals surface area contributed by atoms with Crippen molar-refractivity contribution < 1.29 is 27.5 Å². The van der Waals surface area contributed by atoms with E-state index in [9.17, 15) is 18.0 Å². The molecule has 1 unspecified atom stereocenters. The quantitative estimate of drug-likeness (QED) is 0.267. The van der Waals surface area contributed by atoms with Gasteiger partial charge in [0, 0.05) is 24.2 Å². The molecule has 0 aliphatic heterocycles. The molecular weight excluding hydrogens is 578 g/mol. The van der Waals surface area contributed by atoms with E-state index in [1.54, 1.807) is 55.5 Å². The monoisotopic (exact) mass is 615 g/mol. The number of sulfonamides is 1. The maximum absolute atomic E-state index is 14.2. The highest BCUT2D eigenvalue weighted by Gasteiger charge is 2.34. The topological polar surface area (TPSA) is 105 Å². The van der Waals surface area contributed by atoms with E-state index in [4.69, 9.17) is 21.1 Å². The largest absolute Gasteiger partial charge is 0.493 e. The zero-order valence-corrected chi connectivity index (χ0v) is 26.2. The first-order valence-electron chi connectivity index (χ1n) is 13.7. The predicted octanol–water partition coefficient (Wildman–Crippen LogP) is 5.19. The highest BCUT2D eigenvalue weighted by Crippen LogP contribution is 2.34. The van der Waals surface area contributed by atoms with Gasteiger partial charge in [0.1, 0.15) is 12.6 Å². The number of carbonyl (C=O) groups excluding carboxylic acids is 2. The van der Waals surface area contributed by atoms with E-state index in [1.807, 2.05) is 13.8 Å². The Balaban J connectivity index is 2.12. The van der Waals surface area contributed by atoms with Gasteiger partial charge in [0.2, 0.25) is 11.8 Å². The van der Waals surface area contributed by atoms with Crippen LogP contribution in [-0.4, -0.2) is 58.5 Å². The number of rotatable bonds is 14. The Morgan fingerprint density at radius 1 is 0.952 bits per heavy atom. The highest BCUT2D eigenvalue weighted by molar-refractivity contribution is 7.92. The molecule has 0 aliphatic rings. The molecule has 1 N–H and O–H groups in total. The van der Waals surface area contributed by atoms with Gasteiger partial charge in [-0.25, -0.2) is 8.42 Å². The number of ether oxygens (including phenoxy) is 2. The van der Waals surface area contributed by atoms with Crippen LogP contribution in [0.15, 0.2) is 71.6 Å². The second kappa shape index (κ2) is 14.9. The van der Waals surface area contributed by atoms with Crippen molar-refractivity contribution >= 4 is 39.1 Å². The van der Waals surface area contributed by atoms with Crippen molar-refractivity contribution in [2.75, 3.05) is 31.6 Å². The zero-order valence-electron chi connectivity index (χ0n) is 24.6. The molecule has 0 saturated carbocycles. The first-order valence-corrected chi connectivity index (χ1v) is 15.5. The van der Waals surface area contributed by atoms with Crippen LogP contribution in [0.2, 0.25) is 5.02 Å². The standard InChI is InChI=1S/C31H38ClN3O6S/c1-6-18-33-31(37)27(7-2)34(20-23-10-8-9-11-26(23)32)30(36)21-35(24-14-17-28(40-4)29(19-24)41-5)42(38,39)25-15-12-22(3)13-16-25/h8-17,19,27H,6-7,18,20-21H2,1-5H3,(H,33,37). The molecule has 1 atom stereocenters. The first-order chi connectivity index (χ1) is 20.1. The van der Waals surface area contributed by atoms with Crippen molar-refractivity contribution in [2.24, 2.45) is 0 Å². The summed E-state index contributed by atoms with van der Waals surface area (Å²) in [4.78, 5) is 28.8. The molecular formula is C31H38ClN3O6S. The van der Waals surface area contributed by atoms with E-state index in [0.29, 0.717) is 35.1 Å². The lowest BCUT2D eigenvalue weighted by molar-refractivity contribution is -0.140. The minimum absolute atomic E-state index is 0.0148. The van der Waals surface area contributed by atoms with Gasteiger partial charge in [-0.05, 0) is 55.7 Å². The first kappa shape index (κ1) is 32.8. The second-order valence-electron chi connectivity index (χ2n) is 9.69. The van der Waals surface area contributed by atoms with Gasteiger partial charge >= 0.3 is 0 Å². The van der Waals surface area contributed by atoms with Crippen LogP contribution >= 0.6 is 11.6 Å². The van der Waals surface area contributed by atoms with E-state index in [2.05, 4.69) is 5.32 Å². The summed E-state index contributed by atoms with van der Waals surface area (Å²) in [6.07, 6.45) is 1.04. The Bertz CT molecular complexity index is 1480. The Morgan fingerprint density at radius 3 is 2.21 bits per heavy atom. The summed E-state index contributed by atoms with van der Waals surface area (Å²) in [5, 5.41) is 3.30. The van der Waals surface area contributed by atoms with Crippen LogP contribution in [0.3, 0.4) is 0 Å². The molecule has 0 heterocycles. The van der Waals surface area contributed by atoms with Crippen LogP contribution in [0.1, 0.15) is 37.8 Å². The van der Waals surface area contributed by atoms with Gasteiger partial charge in [0.05, 0.1) is 24.8 Å². The van der Waals surface area contributed by atoms with E-state index < -0.39 is 28.5 Å². The fourth-order valence-corrected chi connectivity index (χ4v) is 6.04. The number of carbonyl (C=O) groups is 2. The van der Waals surface area contributed by atoms with E-state index in [1.165, 1.54) is 37.3 Å². The molecule has 3 rings (SSSR count). The van der Waals surface area contributed by atoms with Crippen molar-refractivity contribution in [1.82, 2.24) is 10.2 Å². The number of nitrogens with one attached hydrogen (secondary N) is 1. The Kier molecular flexibility index (Phi) is 11.6. The summed E-state index contributed by atoms with van der Waals surface area (Å²) < 4.78 is 39.9.